The van der Waals surface area contributed by atoms with E-state index < -0.39 is 5.97 Å². The Balaban J connectivity index is 1.50. The zero-order valence-corrected chi connectivity index (χ0v) is 15.4. The first-order valence-corrected chi connectivity index (χ1v) is 9.21. The Morgan fingerprint density at radius 1 is 0.929 bits per heavy atom. The molecule has 0 bridgehead atoms. The zero-order chi connectivity index (χ0) is 19.9. The molecule has 0 fully saturated rings. The standard InChI is InChI=1S/C20H16N2O5S/c23-18(21-15-4-1-3-13(11-15)20(25)26)12-28-16-8-6-14(7-9-16)22-19(24)17-5-2-10-27-17/h1-11H,12H2,(H,21,23)(H,22,24)(H,25,26). The van der Waals surface area contributed by atoms with Crippen molar-refractivity contribution in [3.05, 3.63) is 78.3 Å². The van der Waals surface area contributed by atoms with Crippen molar-refractivity contribution in [3.63, 3.8) is 0 Å². The van der Waals surface area contributed by atoms with Crippen molar-refractivity contribution in [2.24, 2.45) is 0 Å². The molecule has 0 spiro atoms. The fourth-order valence-electron chi connectivity index (χ4n) is 2.31. The number of furan rings is 1. The van der Waals surface area contributed by atoms with E-state index in [1.807, 2.05) is 0 Å². The number of amides is 2. The highest BCUT2D eigenvalue weighted by Gasteiger charge is 2.09. The van der Waals surface area contributed by atoms with Gasteiger partial charge in [0.05, 0.1) is 17.6 Å². The van der Waals surface area contributed by atoms with Crippen LogP contribution in [0.25, 0.3) is 0 Å². The quantitative estimate of drug-likeness (QED) is 0.522. The maximum atomic E-state index is 12.1. The van der Waals surface area contributed by atoms with Gasteiger partial charge < -0.3 is 20.2 Å². The molecule has 28 heavy (non-hydrogen) atoms. The van der Waals surface area contributed by atoms with Crippen LogP contribution in [0.4, 0.5) is 11.4 Å². The van der Waals surface area contributed by atoms with E-state index in [1.54, 1.807) is 48.5 Å². The van der Waals surface area contributed by atoms with Crippen LogP contribution in [-0.2, 0) is 4.79 Å². The number of thioether (sulfide) groups is 1. The number of hydrogen-bond acceptors (Lipinski definition) is 5. The van der Waals surface area contributed by atoms with E-state index >= 15 is 0 Å². The van der Waals surface area contributed by atoms with E-state index in [1.165, 1.54) is 30.2 Å². The second kappa shape index (κ2) is 8.92. The van der Waals surface area contributed by atoms with Gasteiger partial charge in [-0.15, -0.1) is 11.8 Å². The molecular formula is C20H16N2O5S. The number of hydrogen-bond donors (Lipinski definition) is 3. The van der Waals surface area contributed by atoms with Crippen molar-refractivity contribution in [3.8, 4) is 0 Å². The topological polar surface area (TPSA) is 109 Å². The molecule has 0 saturated carbocycles. The number of benzene rings is 2. The molecule has 2 aromatic carbocycles. The largest absolute Gasteiger partial charge is 0.478 e. The van der Waals surface area contributed by atoms with Gasteiger partial charge in [-0.25, -0.2) is 4.79 Å². The van der Waals surface area contributed by atoms with Gasteiger partial charge in [-0.1, -0.05) is 6.07 Å². The van der Waals surface area contributed by atoms with Gasteiger partial charge in [0.1, 0.15) is 0 Å². The lowest BCUT2D eigenvalue weighted by Gasteiger charge is -2.07. The van der Waals surface area contributed by atoms with Crippen LogP contribution in [0.2, 0.25) is 0 Å². The van der Waals surface area contributed by atoms with Crippen molar-refractivity contribution < 1.29 is 23.9 Å². The lowest BCUT2D eigenvalue weighted by Crippen LogP contribution is -2.14. The fourth-order valence-corrected chi connectivity index (χ4v) is 3.01. The minimum absolute atomic E-state index is 0.109. The summed E-state index contributed by atoms with van der Waals surface area (Å²) in [6.45, 7) is 0. The van der Waals surface area contributed by atoms with Crippen LogP contribution in [0.15, 0.2) is 76.2 Å². The summed E-state index contributed by atoms with van der Waals surface area (Å²) in [5.41, 5.74) is 1.15. The van der Waals surface area contributed by atoms with Crippen molar-refractivity contribution in [2.75, 3.05) is 16.4 Å². The summed E-state index contributed by atoms with van der Waals surface area (Å²) >= 11 is 1.32. The Bertz CT molecular complexity index is 984. The first-order valence-electron chi connectivity index (χ1n) is 8.22. The third-order valence-electron chi connectivity index (χ3n) is 3.62. The minimum atomic E-state index is -1.05. The number of nitrogens with one attached hydrogen (secondary N) is 2. The molecular weight excluding hydrogens is 380 g/mol. The van der Waals surface area contributed by atoms with Crippen LogP contribution in [0.1, 0.15) is 20.9 Å². The van der Waals surface area contributed by atoms with Gasteiger partial charge in [0.25, 0.3) is 5.91 Å². The van der Waals surface area contributed by atoms with Gasteiger partial charge in [-0.2, -0.15) is 0 Å². The predicted octanol–water partition coefficient (Wildman–Crippen LogP) is 3.96. The lowest BCUT2D eigenvalue weighted by atomic mass is 10.2. The third kappa shape index (κ3) is 5.24. The number of anilines is 2. The summed E-state index contributed by atoms with van der Waals surface area (Å²) in [6.07, 6.45) is 1.43. The summed E-state index contributed by atoms with van der Waals surface area (Å²) in [6, 6.07) is 16.3. The van der Waals surface area contributed by atoms with Crippen molar-refractivity contribution >= 4 is 40.9 Å². The van der Waals surface area contributed by atoms with E-state index in [0.717, 1.165) is 4.90 Å². The molecule has 0 atom stereocenters. The fraction of sp³-hybridized carbons (Fsp3) is 0.0500. The van der Waals surface area contributed by atoms with Gasteiger partial charge in [-0.3, -0.25) is 9.59 Å². The normalized spacial score (nSPS) is 10.3. The summed E-state index contributed by atoms with van der Waals surface area (Å²) in [7, 11) is 0. The van der Waals surface area contributed by atoms with Crippen molar-refractivity contribution in [1.82, 2.24) is 0 Å². The van der Waals surface area contributed by atoms with Crippen LogP contribution >= 0.6 is 11.8 Å². The highest BCUT2D eigenvalue weighted by molar-refractivity contribution is 8.00. The zero-order valence-electron chi connectivity index (χ0n) is 14.5. The van der Waals surface area contributed by atoms with Crippen molar-refractivity contribution in [2.45, 2.75) is 4.90 Å². The number of aromatic carboxylic acids is 1. The Morgan fingerprint density at radius 2 is 1.71 bits per heavy atom. The number of carbonyl (C=O) groups excluding carboxylic acids is 2. The molecule has 3 aromatic rings. The Morgan fingerprint density at radius 3 is 2.39 bits per heavy atom. The Labute approximate surface area is 164 Å². The SMILES string of the molecule is O=C(CSc1ccc(NC(=O)c2ccco2)cc1)Nc1cccc(C(=O)O)c1. The lowest BCUT2D eigenvalue weighted by molar-refractivity contribution is -0.113. The molecule has 1 aromatic heterocycles. The molecule has 7 nitrogen and oxygen atoms in total. The number of carboxylic acids is 1. The number of carbonyl (C=O) groups is 3. The maximum absolute atomic E-state index is 12.1. The Kier molecular flexibility index (Phi) is 6.13. The summed E-state index contributed by atoms with van der Waals surface area (Å²) in [5.74, 6) is -1.25. The van der Waals surface area contributed by atoms with Crippen LogP contribution < -0.4 is 10.6 Å². The van der Waals surface area contributed by atoms with Gasteiger partial charge in [-0.05, 0) is 54.6 Å². The first kappa shape index (κ1) is 19.2. The molecule has 142 valence electrons. The second-order valence-electron chi connectivity index (χ2n) is 5.68. The smallest absolute Gasteiger partial charge is 0.335 e. The van der Waals surface area contributed by atoms with Crippen LogP contribution in [0.5, 0.6) is 0 Å². The van der Waals surface area contributed by atoms with E-state index in [9.17, 15) is 14.4 Å². The average molecular weight is 396 g/mol. The highest BCUT2D eigenvalue weighted by Crippen LogP contribution is 2.21. The molecule has 0 aliphatic carbocycles. The Hall–Kier alpha value is -3.52. The van der Waals surface area contributed by atoms with Gasteiger partial charge in [0, 0.05) is 16.3 Å². The maximum Gasteiger partial charge on any atom is 0.335 e. The molecule has 2 amide bonds. The van der Waals surface area contributed by atoms with Gasteiger partial charge in [0.2, 0.25) is 5.91 Å². The van der Waals surface area contributed by atoms with Gasteiger partial charge >= 0.3 is 5.97 Å². The molecule has 8 heteroatoms. The number of carboxylic acid groups (broad SMARTS) is 1. The summed E-state index contributed by atoms with van der Waals surface area (Å²) < 4.78 is 5.03. The van der Waals surface area contributed by atoms with E-state index in [4.69, 9.17) is 9.52 Å². The second-order valence-corrected chi connectivity index (χ2v) is 6.73. The molecule has 0 aliphatic heterocycles. The highest BCUT2D eigenvalue weighted by atomic mass is 32.2. The third-order valence-corrected chi connectivity index (χ3v) is 4.63. The minimum Gasteiger partial charge on any atom is -0.478 e. The molecule has 3 N–H and O–H groups in total. The van der Waals surface area contributed by atoms with Crippen LogP contribution in [0.3, 0.4) is 0 Å². The van der Waals surface area contributed by atoms with Gasteiger partial charge in [0.15, 0.2) is 5.76 Å². The van der Waals surface area contributed by atoms with E-state index in [-0.39, 0.29) is 28.9 Å². The summed E-state index contributed by atoms with van der Waals surface area (Å²) in [5, 5.41) is 14.4. The molecule has 3 rings (SSSR count). The molecule has 1 heterocycles. The summed E-state index contributed by atoms with van der Waals surface area (Å²) in [4.78, 5) is 35.8. The molecule has 0 saturated heterocycles. The van der Waals surface area contributed by atoms with Crippen LogP contribution in [0, 0.1) is 0 Å². The predicted molar refractivity (Wildman–Crippen MR) is 106 cm³/mol. The average Bonchev–Trinajstić information content (AvgIpc) is 3.23. The number of rotatable bonds is 7. The first-order chi connectivity index (χ1) is 13.5. The molecule has 0 aliphatic rings. The molecule has 0 radical (unpaired) electrons. The van der Waals surface area contributed by atoms with Crippen molar-refractivity contribution in [1.29, 1.82) is 0 Å². The van der Waals surface area contributed by atoms with E-state index in [2.05, 4.69) is 10.6 Å². The monoisotopic (exact) mass is 396 g/mol. The van der Waals surface area contributed by atoms with Crippen LogP contribution in [-0.4, -0.2) is 28.6 Å². The van der Waals surface area contributed by atoms with E-state index in [0.29, 0.717) is 11.4 Å². The molecule has 0 unspecified atom stereocenters.